The number of hydrogen-bond acceptors (Lipinski definition) is 12. The molecule has 14 nitrogen and oxygen atoms in total. The van der Waals surface area contributed by atoms with E-state index >= 15 is 0 Å². The van der Waals surface area contributed by atoms with Crippen LogP contribution in [0.1, 0.15) is 90.2 Å². The van der Waals surface area contributed by atoms with E-state index < -0.39 is 53.7 Å². The van der Waals surface area contributed by atoms with Crippen LogP contribution < -0.4 is 118 Å². The average molecular weight is 861 g/mol. The Bertz CT molecular complexity index is 2290. The van der Waals surface area contributed by atoms with Crippen molar-refractivity contribution in [3.8, 4) is 0 Å². The summed E-state index contributed by atoms with van der Waals surface area (Å²) in [6.45, 7) is 7.95. The van der Waals surface area contributed by atoms with Crippen molar-refractivity contribution >= 4 is 55.0 Å². The number of nitrogens with zero attached hydrogens (tertiary/aromatic N) is 2. The zero-order chi connectivity index (χ0) is 40.0. The Labute approximate surface area is 412 Å². The minimum absolute atomic E-state index is 0. The third-order valence-electron chi connectivity index (χ3n) is 10.4. The first-order valence-corrected chi connectivity index (χ1v) is 20.4. The first kappa shape index (κ1) is 49.0. The van der Waals surface area contributed by atoms with Crippen molar-refractivity contribution in [3.63, 3.8) is 0 Å². The Morgan fingerprint density at radius 3 is 1.93 bits per heavy atom. The molecule has 0 bridgehead atoms. The third-order valence-corrected chi connectivity index (χ3v) is 12.1. The van der Waals surface area contributed by atoms with Gasteiger partial charge in [0, 0.05) is 59.4 Å². The van der Waals surface area contributed by atoms with Crippen LogP contribution in [0, 0.1) is 0 Å². The van der Waals surface area contributed by atoms with Crippen LogP contribution >= 0.6 is 0 Å². The molecule has 2 N–H and O–H groups in total. The molecule has 290 valence electrons. The van der Waals surface area contributed by atoms with Crippen LogP contribution in [0.5, 0.6) is 0 Å². The largest absolute Gasteiger partial charge is 1.00 e. The number of aliphatic carboxylic acids is 2. The summed E-state index contributed by atoms with van der Waals surface area (Å²) < 4.78 is 71.4. The number of allylic oxidation sites excluding steroid dienone is 5. The van der Waals surface area contributed by atoms with Crippen molar-refractivity contribution in [3.05, 3.63) is 82.3 Å². The smallest absolute Gasteiger partial charge is 0.744 e. The molecule has 0 amide bonds. The number of aliphatic hydroxyl groups excluding tert-OH is 1. The number of ketones is 1. The summed E-state index contributed by atoms with van der Waals surface area (Å²) in [7, 11) is -9.33. The van der Waals surface area contributed by atoms with Crippen molar-refractivity contribution in [2.45, 2.75) is 99.7 Å². The molecule has 0 unspecified atom stereocenters. The van der Waals surface area contributed by atoms with Gasteiger partial charge in [0.1, 0.15) is 22.4 Å². The second-order valence-electron chi connectivity index (χ2n) is 14.8. The molecule has 56 heavy (non-hydrogen) atoms. The summed E-state index contributed by atoms with van der Waals surface area (Å²) in [5.41, 5.74) is 1.54. The van der Waals surface area contributed by atoms with Crippen molar-refractivity contribution in [1.29, 1.82) is 0 Å². The summed E-state index contributed by atoms with van der Waals surface area (Å²) in [5, 5.41) is 33.3. The number of benzene rings is 2. The molecular weight excluding hydrogens is 819 g/mol. The number of carbonyl (C=O) groups excluding carboxylic acids is 3. The molecule has 0 saturated heterocycles. The summed E-state index contributed by atoms with van der Waals surface area (Å²) in [5.74, 6) is -3.11. The van der Waals surface area contributed by atoms with Gasteiger partial charge < -0.3 is 34.4 Å². The number of carbonyl (C=O) groups is 3. The number of aliphatic hydroxyl groups is 1. The maximum absolute atomic E-state index is 13.9. The summed E-state index contributed by atoms with van der Waals surface area (Å²) >= 11 is 0. The standard InChI is InChI=1S/C38H44N2O12S2.2K/c1-37(2)27-19-23(53(47,48)49)13-15-29(27)39(17-9-5-7-11-33(41)42)31(37)21-25-35(45)26(36(25)46)22-32-38(3,4)28-20-24(54(50,51)52)14-16-30(28)40(32)18-10-6-8-12-34(43)44;;/h13-16,19-22H,5-12,17-18H2,1-4H3,(H4-,41,42,43,44,45,46,47,48,49,50,51,52);;/q;2*+1/p-2. The van der Waals surface area contributed by atoms with E-state index in [1.165, 1.54) is 36.4 Å². The monoisotopic (exact) mass is 860 g/mol. The molecule has 0 spiro atoms. The summed E-state index contributed by atoms with van der Waals surface area (Å²) in [6, 6.07) is 8.22. The Balaban J connectivity index is 0.00000420. The van der Waals surface area contributed by atoms with E-state index in [0.29, 0.717) is 85.5 Å². The van der Waals surface area contributed by atoms with E-state index in [1.807, 2.05) is 23.3 Å². The minimum Gasteiger partial charge on any atom is -0.744 e. The number of rotatable bonds is 16. The second kappa shape index (κ2) is 18.9. The number of unbranched alkanes of at least 4 members (excludes halogenated alkanes) is 4. The molecule has 0 aromatic heterocycles. The van der Waals surface area contributed by atoms with E-state index in [9.17, 15) is 55.6 Å². The number of carboxylic acids is 2. The van der Waals surface area contributed by atoms with Crippen LogP contribution in [0.2, 0.25) is 0 Å². The molecule has 5 rings (SSSR count). The molecule has 2 heterocycles. The van der Waals surface area contributed by atoms with Gasteiger partial charge in [-0.1, -0.05) is 20.3 Å². The van der Waals surface area contributed by atoms with Crippen molar-refractivity contribution in [2.24, 2.45) is 0 Å². The van der Waals surface area contributed by atoms with E-state index in [1.54, 1.807) is 26.0 Å². The molecule has 2 aromatic rings. The first-order valence-electron chi connectivity index (χ1n) is 17.5. The average Bonchev–Trinajstić information content (AvgIpc) is 3.41. The van der Waals surface area contributed by atoms with Gasteiger partial charge in [0.2, 0.25) is 11.5 Å². The molecule has 2 aliphatic heterocycles. The Morgan fingerprint density at radius 1 is 0.804 bits per heavy atom. The summed E-state index contributed by atoms with van der Waals surface area (Å²) in [6.07, 6.45) is 5.78. The van der Waals surface area contributed by atoms with Crippen LogP contribution in [-0.2, 0) is 45.4 Å². The zero-order valence-corrected chi connectivity index (χ0v) is 40.3. The van der Waals surface area contributed by atoms with Gasteiger partial charge in [0.05, 0.1) is 26.4 Å². The minimum atomic E-state index is -4.79. The van der Waals surface area contributed by atoms with Crippen LogP contribution in [0.15, 0.2) is 80.9 Å². The second-order valence-corrected chi connectivity index (χ2v) is 17.6. The van der Waals surface area contributed by atoms with Gasteiger partial charge in [-0.05, 0) is 94.3 Å². The molecule has 1 aliphatic carbocycles. The maximum atomic E-state index is 13.9. The molecule has 0 radical (unpaired) electrons. The van der Waals surface area contributed by atoms with Crippen molar-refractivity contribution in [2.75, 3.05) is 18.0 Å². The van der Waals surface area contributed by atoms with Crippen molar-refractivity contribution < 1.29 is 163 Å². The van der Waals surface area contributed by atoms with Gasteiger partial charge in [-0.15, -0.1) is 0 Å². The third kappa shape index (κ3) is 10.3. The normalized spacial score (nSPS) is 18.4. The Morgan fingerprint density at radius 2 is 1.38 bits per heavy atom. The van der Waals surface area contributed by atoms with Crippen LogP contribution in [0.3, 0.4) is 0 Å². The topological polar surface area (TPSA) is 235 Å². The zero-order valence-electron chi connectivity index (χ0n) is 32.4. The number of carboxylic acid groups (broad SMARTS) is 2. The Kier molecular flexibility index (Phi) is 16.5. The first-order chi connectivity index (χ1) is 25.1. The number of fused-ring (bicyclic) bond motifs is 2. The molecule has 3 aliphatic rings. The number of anilines is 1. The predicted molar refractivity (Wildman–Crippen MR) is 192 cm³/mol. The van der Waals surface area contributed by atoms with Gasteiger partial charge in [-0.3, -0.25) is 9.35 Å². The molecule has 18 heteroatoms. The number of hydrogen-bond donors (Lipinski definition) is 2. The SMILES string of the molecule is CC1(C)C(=CC2=C(O)C(=CC3=[N+](CCCCCC(=O)[O-])c4ccc(S(=O)(=O)[O-])cc4C3(C)C)C2=O)N(CCCCCC(=O)[O-])c2ccc(S(=O)(=O)O)cc21.[K+].[K+]. The van der Waals surface area contributed by atoms with Gasteiger partial charge in [-0.25, -0.2) is 8.42 Å². The van der Waals surface area contributed by atoms with E-state index in [0.717, 1.165) is 0 Å². The quantitative estimate of drug-likeness (QED) is 0.0559. The summed E-state index contributed by atoms with van der Waals surface area (Å²) in [4.78, 5) is 36.9. The van der Waals surface area contributed by atoms with Gasteiger partial charge in [0.25, 0.3) is 10.1 Å². The van der Waals surface area contributed by atoms with Gasteiger partial charge in [-0.2, -0.15) is 13.0 Å². The molecule has 2 aromatic carbocycles. The predicted octanol–water partition coefficient (Wildman–Crippen LogP) is -3.15. The van der Waals surface area contributed by atoms with E-state index in [-0.39, 0.29) is 137 Å². The van der Waals surface area contributed by atoms with E-state index in [2.05, 4.69) is 0 Å². The van der Waals surface area contributed by atoms with Gasteiger partial charge >= 0.3 is 103 Å². The maximum Gasteiger partial charge on any atom is 1.00 e. The van der Waals surface area contributed by atoms with Crippen LogP contribution in [0.25, 0.3) is 0 Å². The molecule has 0 fully saturated rings. The number of Topliss-reactive ketones (excluding diaryl/α,β-unsaturated/α-hetero) is 1. The Hall–Kier alpha value is -1.37. The fraction of sp³-hybridized carbons (Fsp3) is 0.421. The van der Waals surface area contributed by atoms with Crippen LogP contribution in [0.4, 0.5) is 11.4 Å². The molecule has 0 saturated carbocycles. The molecule has 0 atom stereocenters. The van der Waals surface area contributed by atoms with E-state index in [4.69, 9.17) is 0 Å². The van der Waals surface area contributed by atoms with Crippen molar-refractivity contribution in [1.82, 2.24) is 0 Å². The van der Waals surface area contributed by atoms with Gasteiger partial charge in [0.15, 0.2) is 5.71 Å². The molecular formula is C38H42K2N2O12S2. The van der Waals surface area contributed by atoms with Crippen LogP contribution in [-0.4, -0.2) is 72.1 Å². The fourth-order valence-electron chi connectivity index (χ4n) is 7.44. The fourth-order valence-corrected chi connectivity index (χ4v) is 8.45.